The molecule has 2 aliphatic carbocycles. The maximum Gasteiger partial charge on any atom is 0.223 e. The van der Waals surface area contributed by atoms with Crippen molar-refractivity contribution in [1.82, 2.24) is 5.32 Å². The Morgan fingerprint density at radius 1 is 1.16 bits per heavy atom. The molecule has 2 aliphatic rings. The van der Waals surface area contributed by atoms with E-state index >= 15 is 0 Å². The number of carbonyl (C=O) groups is 1. The van der Waals surface area contributed by atoms with Crippen LogP contribution >= 0.6 is 0 Å². The lowest BCUT2D eigenvalue weighted by molar-refractivity contribution is -0.130. The van der Waals surface area contributed by atoms with Crippen LogP contribution in [0.4, 0.5) is 0 Å². The Hall–Kier alpha value is -1.55. The van der Waals surface area contributed by atoms with E-state index in [1.165, 1.54) is 38.5 Å². The number of hydrogen-bond donors (Lipinski definition) is 2. The molecule has 3 rings (SSSR count). The summed E-state index contributed by atoms with van der Waals surface area (Å²) in [5.74, 6) is 2.45. The van der Waals surface area contributed by atoms with Crippen molar-refractivity contribution in [2.24, 2.45) is 17.8 Å². The molecule has 1 aromatic rings. The van der Waals surface area contributed by atoms with Gasteiger partial charge in [0.25, 0.3) is 0 Å². The zero-order valence-electron chi connectivity index (χ0n) is 15.2. The molecule has 4 atom stereocenters. The van der Waals surface area contributed by atoms with Gasteiger partial charge in [0.2, 0.25) is 5.91 Å². The summed E-state index contributed by atoms with van der Waals surface area (Å²) in [7, 11) is 1.64. The maximum absolute atomic E-state index is 13.0. The summed E-state index contributed by atoms with van der Waals surface area (Å²) in [6.45, 7) is 0.0632. The van der Waals surface area contributed by atoms with E-state index in [2.05, 4.69) is 5.32 Å². The molecule has 2 fully saturated rings. The lowest BCUT2D eigenvalue weighted by Crippen LogP contribution is -2.42. The normalized spacial score (nSPS) is 27.2. The van der Waals surface area contributed by atoms with Crippen molar-refractivity contribution in [3.8, 4) is 5.75 Å². The largest absolute Gasteiger partial charge is 0.497 e. The lowest BCUT2D eigenvalue weighted by atomic mass is 9.65. The van der Waals surface area contributed by atoms with Gasteiger partial charge in [-0.2, -0.15) is 0 Å². The highest BCUT2D eigenvalue weighted by Gasteiger charge is 2.38. The molecule has 4 unspecified atom stereocenters. The van der Waals surface area contributed by atoms with Gasteiger partial charge in [-0.25, -0.2) is 0 Å². The van der Waals surface area contributed by atoms with Crippen molar-refractivity contribution in [2.75, 3.05) is 13.7 Å². The molecule has 1 amide bonds. The van der Waals surface area contributed by atoms with E-state index in [-0.39, 0.29) is 24.5 Å². The van der Waals surface area contributed by atoms with Gasteiger partial charge in [0.1, 0.15) is 5.75 Å². The topological polar surface area (TPSA) is 58.6 Å². The highest BCUT2D eigenvalue weighted by atomic mass is 16.5. The molecule has 0 heterocycles. The first-order valence-corrected chi connectivity index (χ1v) is 9.78. The molecule has 4 nitrogen and oxygen atoms in total. The van der Waals surface area contributed by atoms with Crippen molar-refractivity contribution in [1.29, 1.82) is 0 Å². The number of fused-ring (bicyclic) bond motifs is 1. The van der Waals surface area contributed by atoms with Crippen molar-refractivity contribution in [3.63, 3.8) is 0 Å². The Bertz CT molecular complexity index is 555. The zero-order chi connectivity index (χ0) is 17.6. The highest BCUT2D eigenvalue weighted by Crippen LogP contribution is 2.44. The van der Waals surface area contributed by atoms with Crippen molar-refractivity contribution >= 4 is 5.91 Å². The van der Waals surface area contributed by atoms with Gasteiger partial charge < -0.3 is 15.2 Å². The van der Waals surface area contributed by atoms with Gasteiger partial charge in [-0.05, 0) is 48.8 Å². The predicted molar refractivity (Wildman–Crippen MR) is 98.4 cm³/mol. The van der Waals surface area contributed by atoms with Crippen LogP contribution in [0, 0.1) is 17.8 Å². The minimum absolute atomic E-state index is 0.0632. The Morgan fingerprint density at radius 3 is 2.60 bits per heavy atom. The number of ether oxygens (including phenoxy) is 1. The van der Waals surface area contributed by atoms with E-state index in [1.807, 2.05) is 24.3 Å². The van der Waals surface area contributed by atoms with E-state index in [0.717, 1.165) is 23.7 Å². The van der Waals surface area contributed by atoms with Crippen LogP contribution in [0.15, 0.2) is 24.3 Å². The number of hydrogen-bond acceptors (Lipinski definition) is 3. The van der Waals surface area contributed by atoms with Crippen LogP contribution in [0.3, 0.4) is 0 Å². The monoisotopic (exact) mass is 345 g/mol. The molecular formula is C21H31NO3. The first kappa shape index (κ1) is 18.2. The summed E-state index contributed by atoms with van der Waals surface area (Å²) in [4.78, 5) is 13.0. The Kier molecular flexibility index (Phi) is 6.35. The molecule has 0 aromatic heterocycles. The maximum atomic E-state index is 13.0. The summed E-state index contributed by atoms with van der Waals surface area (Å²) in [5.41, 5.74) is 1.03. The van der Waals surface area contributed by atoms with E-state index in [9.17, 15) is 9.90 Å². The van der Waals surface area contributed by atoms with Gasteiger partial charge in [-0.1, -0.05) is 44.2 Å². The van der Waals surface area contributed by atoms with Crippen molar-refractivity contribution in [2.45, 2.75) is 57.4 Å². The average molecular weight is 345 g/mol. The van der Waals surface area contributed by atoms with Gasteiger partial charge >= 0.3 is 0 Å². The fourth-order valence-corrected chi connectivity index (χ4v) is 4.83. The zero-order valence-corrected chi connectivity index (χ0v) is 15.2. The first-order valence-electron chi connectivity index (χ1n) is 9.78. The van der Waals surface area contributed by atoms with E-state index in [0.29, 0.717) is 12.3 Å². The van der Waals surface area contributed by atoms with Crippen molar-refractivity contribution in [3.05, 3.63) is 29.8 Å². The number of methoxy groups -OCH3 is 1. The molecule has 138 valence electrons. The molecule has 1 aromatic carbocycles. The number of aliphatic hydroxyl groups excluding tert-OH is 1. The third kappa shape index (κ3) is 4.35. The van der Waals surface area contributed by atoms with Crippen LogP contribution in [0.1, 0.15) is 63.0 Å². The van der Waals surface area contributed by atoms with E-state index in [1.54, 1.807) is 7.11 Å². The molecule has 2 N–H and O–H groups in total. The summed E-state index contributed by atoms with van der Waals surface area (Å²) in [6, 6.07) is 7.63. The third-order valence-electron chi connectivity index (χ3n) is 6.16. The summed E-state index contributed by atoms with van der Waals surface area (Å²) >= 11 is 0. The van der Waals surface area contributed by atoms with Gasteiger partial charge in [0.15, 0.2) is 0 Å². The molecule has 0 saturated heterocycles. The van der Waals surface area contributed by atoms with Crippen LogP contribution < -0.4 is 10.1 Å². The second kappa shape index (κ2) is 8.70. The van der Waals surface area contributed by atoms with Crippen LogP contribution in [0.25, 0.3) is 0 Å². The van der Waals surface area contributed by atoms with Gasteiger partial charge in [0.05, 0.1) is 13.2 Å². The number of amides is 1. The molecule has 0 aliphatic heterocycles. The standard InChI is InChI=1S/C21H31NO3/c1-25-17-11-9-16(10-12-17)20(13-14-23)22-21(24)19-8-4-6-15-5-2-3-7-18(15)19/h9-12,15,18-20,23H,2-8,13-14H2,1H3,(H,22,24). The average Bonchev–Trinajstić information content (AvgIpc) is 2.67. The molecular weight excluding hydrogens is 314 g/mol. The molecule has 0 spiro atoms. The lowest BCUT2D eigenvalue weighted by Gasteiger charge is -2.41. The SMILES string of the molecule is COc1ccc(C(CCO)NC(=O)C2CCCC3CCCCC32)cc1. The molecule has 4 heteroatoms. The van der Waals surface area contributed by atoms with Gasteiger partial charge in [-0.15, -0.1) is 0 Å². The highest BCUT2D eigenvalue weighted by molar-refractivity contribution is 5.79. The van der Waals surface area contributed by atoms with Crippen LogP contribution in [-0.2, 0) is 4.79 Å². The number of nitrogens with one attached hydrogen (secondary N) is 1. The number of rotatable bonds is 6. The Labute approximate surface area is 151 Å². The van der Waals surface area contributed by atoms with Crippen LogP contribution in [-0.4, -0.2) is 24.7 Å². The first-order chi connectivity index (χ1) is 12.2. The quantitative estimate of drug-likeness (QED) is 0.823. The number of aliphatic hydroxyl groups is 1. The minimum atomic E-state index is -0.132. The second-order valence-electron chi connectivity index (χ2n) is 7.59. The van der Waals surface area contributed by atoms with Crippen LogP contribution in [0.2, 0.25) is 0 Å². The van der Waals surface area contributed by atoms with Crippen molar-refractivity contribution < 1.29 is 14.6 Å². The Morgan fingerprint density at radius 2 is 1.88 bits per heavy atom. The minimum Gasteiger partial charge on any atom is -0.497 e. The van der Waals surface area contributed by atoms with Gasteiger partial charge in [-0.3, -0.25) is 4.79 Å². The number of benzene rings is 1. The molecule has 0 bridgehead atoms. The molecule has 2 saturated carbocycles. The summed E-state index contributed by atoms with van der Waals surface area (Å²) < 4.78 is 5.21. The molecule has 0 radical (unpaired) electrons. The fraction of sp³-hybridized carbons (Fsp3) is 0.667. The summed E-state index contributed by atoms with van der Waals surface area (Å²) in [5, 5.41) is 12.7. The smallest absolute Gasteiger partial charge is 0.223 e. The predicted octanol–water partition coefficient (Wildman–Crippen LogP) is 3.84. The summed E-state index contributed by atoms with van der Waals surface area (Å²) in [6.07, 6.45) is 9.13. The van der Waals surface area contributed by atoms with E-state index < -0.39 is 0 Å². The number of carbonyl (C=O) groups excluding carboxylic acids is 1. The fourth-order valence-electron chi connectivity index (χ4n) is 4.83. The van der Waals surface area contributed by atoms with E-state index in [4.69, 9.17) is 4.74 Å². The third-order valence-corrected chi connectivity index (χ3v) is 6.16. The molecule has 25 heavy (non-hydrogen) atoms. The second-order valence-corrected chi connectivity index (χ2v) is 7.59. The van der Waals surface area contributed by atoms with Gasteiger partial charge in [0, 0.05) is 12.5 Å². The van der Waals surface area contributed by atoms with Crippen LogP contribution in [0.5, 0.6) is 5.75 Å². The Balaban J connectivity index is 1.68.